The molecule has 0 bridgehead atoms. The number of benzene rings is 1. The van der Waals surface area contributed by atoms with Crippen molar-refractivity contribution < 1.29 is 9.32 Å². The standard InChI is InChI=1S/C21H17N3O2S/c1-13-11-19(18-8-10-23-26-18)27-20(13)15-3-5-16(6-4-15)24-21(25)17-7-9-22-12-14(17)2/h3-12H,1-2H3,(H,24,25). The molecule has 0 fully saturated rings. The van der Waals surface area contributed by atoms with Crippen LogP contribution >= 0.6 is 11.3 Å². The molecule has 0 aliphatic carbocycles. The molecule has 0 aliphatic rings. The molecule has 0 atom stereocenters. The molecule has 6 heteroatoms. The lowest BCUT2D eigenvalue weighted by molar-refractivity contribution is 0.102. The molecule has 4 rings (SSSR count). The van der Waals surface area contributed by atoms with E-state index in [2.05, 4.69) is 28.4 Å². The van der Waals surface area contributed by atoms with E-state index in [0.717, 1.165) is 27.5 Å². The van der Waals surface area contributed by atoms with E-state index in [1.807, 2.05) is 37.3 Å². The van der Waals surface area contributed by atoms with Gasteiger partial charge in [-0.1, -0.05) is 17.3 Å². The maximum atomic E-state index is 12.4. The van der Waals surface area contributed by atoms with Gasteiger partial charge in [0.25, 0.3) is 5.91 Å². The molecular formula is C21H17N3O2S. The second kappa shape index (κ2) is 7.17. The van der Waals surface area contributed by atoms with Crippen molar-refractivity contribution in [2.75, 3.05) is 5.32 Å². The predicted octanol–water partition coefficient (Wildman–Crippen LogP) is 5.33. The molecule has 0 unspecified atom stereocenters. The zero-order valence-electron chi connectivity index (χ0n) is 14.9. The van der Waals surface area contributed by atoms with E-state index in [0.29, 0.717) is 5.56 Å². The fraction of sp³-hybridized carbons (Fsp3) is 0.0952. The van der Waals surface area contributed by atoms with Crippen molar-refractivity contribution >= 4 is 22.9 Å². The number of nitrogens with one attached hydrogen (secondary N) is 1. The van der Waals surface area contributed by atoms with Crippen LogP contribution in [0.25, 0.3) is 21.1 Å². The molecule has 1 N–H and O–H groups in total. The fourth-order valence-electron chi connectivity index (χ4n) is 2.86. The highest BCUT2D eigenvalue weighted by atomic mass is 32.1. The van der Waals surface area contributed by atoms with Gasteiger partial charge in [0.1, 0.15) is 0 Å². The fourth-order valence-corrected chi connectivity index (χ4v) is 4.00. The first-order valence-electron chi connectivity index (χ1n) is 8.46. The number of aromatic nitrogens is 2. The summed E-state index contributed by atoms with van der Waals surface area (Å²) >= 11 is 1.66. The van der Waals surface area contributed by atoms with Crippen LogP contribution in [-0.2, 0) is 0 Å². The minimum absolute atomic E-state index is 0.137. The Labute approximate surface area is 160 Å². The van der Waals surface area contributed by atoms with Gasteiger partial charge in [-0.05, 0) is 54.8 Å². The molecule has 27 heavy (non-hydrogen) atoms. The third kappa shape index (κ3) is 3.52. The first kappa shape index (κ1) is 17.2. The van der Waals surface area contributed by atoms with E-state index >= 15 is 0 Å². The van der Waals surface area contributed by atoms with Crippen molar-refractivity contribution in [3.63, 3.8) is 0 Å². The lowest BCUT2D eigenvalue weighted by Gasteiger charge is -2.08. The largest absolute Gasteiger partial charge is 0.355 e. The Morgan fingerprint density at radius 2 is 1.85 bits per heavy atom. The van der Waals surface area contributed by atoms with Crippen molar-refractivity contribution in [3.05, 3.63) is 77.7 Å². The van der Waals surface area contributed by atoms with Crippen LogP contribution in [0.1, 0.15) is 21.5 Å². The third-order valence-electron chi connectivity index (χ3n) is 4.27. The molecule has 3 aromatic heterocycles. The van der Waals surface area contributed by atoms with Crippen LogP contribution in [0.2, 0.25) is 0 Å². The van der Waals surface area contributed by atoms with Crippen LogP contribution in [0.4, 0.5) is 5.69 Å². The van der Waals surface area contributed by atoms with Crippen molar-refractivity contribution in [2.24, 2.45) is 0 Å². The van der Waals surface area contributed by atoms with Crippen molar-refractivity contribution in [2.45, 2.75) is 13.8 Å². The number of carbonyl (C=O) groups is 1. The first-order valence-corrected chi connectivity index (χ1v) is 9.27. The van der Waals surface area contributed by atoms with Crippen LogP contribution in [0, 0.1) is 13.8 Å². The summed E-state index contributed by atoms with van der Waals surface area (Å²) < 4.78 is 5.25. The lowest BCUT2D eigenvalue weighted by atomic mass is 10.1. The van der Waals surface area contributed by atoms with Gasteiger partial charge in [0, 0.05) is 34.6 Å². The Morgan fingerprint density at radius 1 is 1.04 bits per heavy atom. The van der Waals surface area contributed by atoms with E-state index in [4.69, 9.17) is 4.52 Å². The highest BCUT2D eigenvalue weighted by Crippen LogP contribution is 2.38. The highest BCUT2D eigenvalue weighted by Gasteiger charge is 2.13. The molecule has 1 aromatic carbocycles. The summed E-state index contributed by atoms with van der Waals surface area (Å²) in [6, 6.07) is 13.5. The van der Waals surface area contributed by atoms with E-state index < -0.39 is 0 Å². The minimum Gasteiger partial charge on any atom is -0.355 e. The van der Waals surface area contributed by atoms with Gasteiger partial charge >= 0.3 is 0 Å². The zero-order valence-corrected chi connectivity index (χ0v) is 15.7. The van der Waals surface area contributed by atoms with Crippen molar-refractivity contribution in [1.82, 2.24) is 10.1 Å². The van der Waals surface area contributed by atoms with E-state index in [1.54, 1.807) is 36.0 Å². The Kier molecular flexibility index (Phi) is 4.56. The molecule has 0 saturated carbocycles. The highest BCUT2D eigenvalue weighted by molar-refractivity contribution is 7.19. The van der Waals surface area contributed by atoms with Crippen LogP contribution in [0.3, 0.4) is 0 Å². The Bertz CT molecular complexity index is 1080. The number of hydrogen-bond acceptors (Lipinski definition) is 5. The molecule has 0 saturated heterocycles. The minimum atomic E-state index is -0.137. The van der Waals surface area contributed by atoms with Gasteiger partial charge in [-0.3, -0.25) is 9.78 Å². The van der Waals surface area contributed by atoms with Crippen LogP contribution in [0.15, 0.2) is 65.6 Å². The maximum absolute atomic E-state index is 12.4. The number of anilines is 1. The van der Waals surface area contributed by atoms with E-state index in [1.165, 1.54) is 10.4 Å². The summed E-state index contributed by atoms with van der Waals surface area (Å²) in [6.07, 6.45) is 4.95. The quantitative estimate of drug-likeness (QED) is 0.523. The Hall–Kier alpha value is -3.25. The lowest BCUT2D eigenvalue weighted by Crippen LogP contribution is -2.13. The number of nitrogens with zero attached hydrogens (tertiary/aromatic N) is 2. The van der Waals surface area contributed by atoms with Gasteiger partial charge in [0.15, 0.2) is 5.76 Å². The summed E-state index contributed by atoms with van der Waals surface area (Å²) in [6.45, 7) is 3.95. The average Bonchev–Trinajstić information content (AvgIpc) is 3.32. The monoisotopic (exact) mass is 375 g/mol. The van der Waals surface area contributed by atoms with Gasteiger partial charge < -0.3 is 9.84 Å². The SMILES string of the molecule is Cc1cnccc1C(=O)Nc1ccc(-c2sc(-c3ccno3)cc2C)cc1. The normalized spacial score (nSPS) is 10.7. The number of pyridine rings is 1. The predicted molar refractivity (Wildman–Crippen MR) is 107 cm³/mol. The first-order chi connectivity index (χ1) is 13.1. The zero-order chi connectivity index (χ0) is 18.8. The number of thiophene rings is 1. The van der Waals surface area contributed by atoms with E-state index in [9.17, 15) is 4.79 Å². The number of amides is 1. The molecule has 4 aromatic rings. The van der Waals surface area contributed by atoms with Crippen molar-refractivity contribution in [1.29, 1.82) is 0 Å². The topological polar surface area (TPSA) is 68.0 Å². The number of carbonyl (C=O) groups excluding carboxylic acids is 1. The molecule has 0 radical (unpaired) electrons. The molecule has 0 spiro atoms. The number of aryl methyl sites for hydroxylation is 2. The molecule has 1 amide bonds. The average molecular weight is 375 g/mol. The van der Waals surface area contributed by atoms with Gasteiger partial charge in [-0.25, -0.2) is 0 Å². The second-order valence-corrected chi connectivity index (χ2v) is 7.27. The van der Waals surface area contributed by atoms with Gasteiger partial charge in [0.05, 0.1) is 11.1 Å². The van der Waals surface area contributed by atoms with E-state index in [-0.39, 0.29) is 5.91 Å². The number of rotatable bonds is 4. The van der Waals surface area contributed by atoms with Gasteiger partial charge in [-0.15, -0.1) is 11.3 Å². The summed E-state index contributed by atoms with van der Waals surface area (Å²) in [5, 5.41) is 6.70. The molecule has 134 valence electrons. The van der Waals surface area contributed by atoms with Crippen LogP contribution in [0.5, 0.6) is 0 Å². The van der Waals surface area contributed by atoms with Crippen molar-refractivity contribution in [3.8, 4) is 21.1 Å². The summed E-state index contributed by atoms with van der Waals surface area (Å²) in [7, 11) is 0. The third-order valence-corrected chi connectivity index (χ3v) is 5.57. The van der Waals surface area contributed by atoms with Gasteiger partial charge in [0.2, 0.25) is 0 Å². The second-order valence-electron chi connectivity index (χ2n) is 6.22. The molecule has 0 aliphatic heterocycles. The number of hydrogen-bond donors (Lipinski definition) is 1. The van der Waals surface area contributed by atoms with Gasteiger partial charge in [-0.2, -0.15) is 0 Å². The summed E-state index contributed by atoms with van der Waals surface area (Å²) in [5.74, 6) is 0.633. The molecular weight excluding hydrogens is 358 g/mol. The summed E-state index contributed by atoms with van der Waals surface area (Å²) in [4.78, 5) is 18.7. The molecule has 3 heterocycles. The Balaban J connectivity index is 1.55. The smallest absolute Gasteiger partial charge is 0.256 e. The Morgan fingerprint density at radius 3 is 2.56 bits per heavy atom. The molecule has 5 nitrogen and oxygen atoms in total. The maximum Gasteiger partial charge on any atom is 0.256 e. The van der Waals surface area contributed by atoms with Crippen LogP contribution in [-0.4, -0.2) is 16.0 Å². The van der Waals surface area contributed by atoms with Crippen LogP contribution < -0.4 is 5.32 Å². The summed E-state index contributed by atoms with van der Waals surface area (Å²) in [5.41, 5.74) is 4.50.